The van der Waals surface area contributed by atoms with Gasteiger partial charge >= 0.3 is 0 Å². The molecule has 0 unspecified atom stereocenters. The van der Waals surface area contributed by atoms with Crippen LogP contribution in [0, 0.1) is 13.8 Å². The van der Waals surface area contributed by atoms with Crippen molar-refractivity contribution in [2.75, 3.05) is 23.0 Å². The van der Waals surface area contributed by atoms with Crippen LogP contribution in [0.1, 0.15) is 11.1 Å². The molecule has 9 heteroatoms. The molecule has 2 aromatic rings. The first-order valence-electron chi connectivity index (χ1n) is 9.45. The molecule has 158 valence electrons. The smallest absolute Gasteiger partial charge is 0.285 e. The topological polar surface area (TPSA) is 76.0 Å². The van der Waals surface area contributed by atoms with Gasteiger partial charge in [-0.2, -0.15) is 4.99 Å². The predicted molar refractivity (Wildman–Crippen MR) is 122 cm³/mol. The van der Waals surface area contributed by atoms with E-state index in [1.807, 2.05) is 36.9 Å². The molecular formula is C21H21ClN2O4S2. The number of ether oxygens (including phenoxy) is 1. The SMILES string of the molecule is Cc1ccc(N2C(=NC(=O)COc3ccc(Cl)cc3)S[C@@H]3CS(=O)(=O)C[C@H]32)cc1C. The first-order chi connectivity index (χ1) is 14.2. The van der Waals surface area contributed by atoms with Crippen molar-refractivity contribution in [1.82, 2.24) is 0 Å². The zero-order valence-electron chi connectivity index (χ0n) is 16.5. The Labute approximate surface area is 185 Å². The van der Waals surface area contributed by atoms with Gasteiger partial charge in [0.1, 0.15) is 5.75 Å². The Morgan fingerprint density at radius 1 is 1.17 bits per heavy atom. The van der Waals surface area contributed by atoms with Crippen LogP contribution in [0.4, 0.5) is 5.69 Å². The Balaban J connectivity index is 1.57. The Morgan fingerprint density at radius 3 is 2.60 bits per heavy atom. The summed E-state index contributed by atoms with van der Waals surface area (Å²) in [5.41, 5.74) is 3.09. The number of hydrogen-bond acceptors (Lipinski definition) is 5. The number of nitrogens with zero attached hydrogens (tertiary/aromatic N) is 2. The quantitative estimate of drug-likeness (QED) is 0.687. The standard InChI is InChI=1S/C21H21ClN2O4S2/c1-13-3-6-16(9-14(13)2)24-18-11-30(26,27)12-19(18)29-21(24)23-20(25)10-28-17-7-4-15(22)5-8-17/h3-9,18-19H,10-12H2,1-2H3/t18-,19-/m1/s1. The number of halogens is 1. The molecule has 0 aliphatic carbocycles. The van der Waals surface area contributed by atoms with Crippen LogP contribution in [0.25, 0.3) is 0 Å². The van der Waals surface area contributed by atoms with Crippen molar-refractivity contribution < 1.29 is 17.9 Å². The van der Waals surface area contributed by atoms with E-state index in [0.29, 0.717) is 15.9 Å². The summed E-state index contributed by atoms with van der Waals surface area (Å²) in [6.07, 6.45) is 0. The lowest BCUT2D eigenvalue weighted by Crippen LogP contribution is -2.38. The molecule has 4 rings (SSSR count). The van der Waals surface area contributed by atoms with Gasteiger partial charge in [0.15, 0.2) is 21.6 Å². The molecule has 2 heterocycles. The fourth-order valence-electron chi connectivity index (χ4n) is 3.56. The van der Waals surface area contributed by atoms with Gasteiger partial charge in [-0.05, 0) is 61.4 Å². The molecule has 2 aliphatic heterocycles. The molecule has 2 fully saturated rings. The maximum Gasteiger partial charge on any atom is 0.285 e. The van der Waals surface area contributed by atoms with Crippen molar-refractivity contribution in [2.24, 2.45) is 4.99 Å². The minimum Gasteiger partial charge on any atom is -0.484 e. The monoisotopic (exact) mass is 464 g/mol. The lowest BCUT2D eigenvalue weighted by molar-refractivity contribution is -0.119. The molecule has 1 amide bonds. The summed E-state index contributed by atoms with van der Waals surface area (Å²) in [7, 11) is -3.10. The van der Waals surface area contributed by atoms with Crippen molar-refractivity contribution >= 4 is 50.0 Å². The molecule has 0 N–H and O–H groups in total. The van der Waals surface area contributed by atoms with Gasteiger partial charge in [0.25, 0.3) is 5.91 Å². The summed E-state index contributed by atoms with van der Waals surface area (Å²) in [5.74, 6) is 0.259. The highest BCUT2D eigenvalue weighted by molar-refractivity contribution is 8.16. The Kier molecular flexibility index (Phi) is 5.83. The van der Waals surface area contributed by atoms with E-state index in [-0.39, 0.29) is 29.4 Å². The van der Waals surface area contributed by atoms with Crippen molar-refractivity contribution in [2.45, 2.75) is 25.1 Å². The van der Waals surface area contributed by atoms with Crippen molar-refractivity contribution in [3.63, 3.8) is 0 Å². The zero-order chi connectivity index (χ0) is 21.5. The van der Waals surface area contributed by atoms with Gasteiger partial charge in [0, 0.05) is 16.0 Å². The highest BCUT2D eigenvalue weighted by Gasteiger charge is 2.49. The average molecular weight is 465 g/mol. The van der Waals surface area contributed by atoms with Gasteiger partial charge in [0.2, 0.25) is 0 Å². The molecule has 30 heavy (non-hydrogen) atoms. The third-order valence-electron chi connectivity index (χ3n) is 5.23. The summed E-state index contributed by atoms with van der Waals surface area (Å²) >= 11 is 7.21. The number of rotatable bonds is 4. The molecule has 6 nitrogen and oxygen atoms in total. The highest BCUT2D eigenvalue weighted by Crippen LogP contribution is 2.41. The highest BCUT2D eigenvalue weighted by atomic mass is 35.5. The molecule has 0 bridgehead atoms. The number of thioether (sulfide) groups is 1. The van der Waals surface area contributed by atoms with E-state index in [1.54, 1.807) is 24.3 Å². The molecule has 2 atom stereocenters. The second-order valence-electron chi connectivity index (χ2n) is 7.47. The normalized spacial score (nSPS) is 23.6. The number of fused-ring (bicyclic) bond motifs is 1. The zero-order valence-corrected chi connectivity index (χ0v) is 18.9. The van der Waals surface area contributed by atoms with E-state index in [4.69, 9.17) is 16.3 Å². The number of carbonyl (C=O) groups excluding carboxylic acids is 1. The molecule has 0 saturated carbocycles. The van der Waals surface area contributed by atoms with Gasteiger partial charge in [-0.15, -0.1) is 0 Å². The number of aliphatic imine (C=N–C) groups is 1. The molecular weight excluding hydrogens is 444 g/mol. The summed E-state index contributed by atoms with van der Waals surface area (Å²) in [6.45, 7) is 3.82. The van der Waals surface area contributed by atoms with Gasteiger partial charge in [-0.1, -0.05) is 29.4 Å². The van der Waals surface area contributed by atoms with E-state index in [0.717, 1.165) is 16.8 Å². The van der Waals surface area contributed by atoms with Crippen LogP contribution < -0.4 is 9.64 Å². The molecule has 2 aliphatic rings. The summed E-state index contributed by atoms with van der Waals surface area (Å²) < 4.78 is 29.9. The van der Waals surface area contributed by atoms with Crippen molar-refractivity contribution in [3.05, 3.63) is 58.6 Å². The fourth-order valence-corrected chi connectivity index (χ4v) is 7.61. The van der Waals surface area contributed by atoms with Crippen LogP contribution in [0.3, 0.4) is 0 Å². The van der Waals surface area contributed by atoms with Crippen LogP contribution in [0.2, 0.25) is 5.02 Å². The molecule has 0 radical (unpaired) electrons. The number of benzene rings is 2. The maximum atomic E-state index is 12.5. The average Bonchev–Trinajstić information content (AvgIpc) is 3.14. The van der Waals surface area contributed by atoms with Crippen LogP contribution >= 0.6 is 23.4 Å². The second-order valence-corrected chi connectivity index (χ2v) is 11.3. The number of amides is 1. The van der Waals surface area contributed by atoms with E-state index in [1.165, 1.54) is 11.8 Å². The van der Waals surface area contributed by atoms with E-state index in [9.17, 15) is 13.2 Å². The van der Waals surface area contributed by atoms with Crippen LogP contribution in [0.15, 0.2) is 47.5 Å². The van der Waals surface area contributed by atoms with Gasteiger partial charge in [-0.3, -0.25) is 4.79 Å². The number of amidine groups is 1. The summed E-state index contributed by atoms with van der Waals surface area (Å²) in [6, 6.07) is 12.5. The lowest BCUT2D eigenvalue weighted by atomic mass is 10.1. The van der Waals surface area contributed by atoms with E-state index < -0.39 is 15.7 Å². The lowest BCUT2D eigenvalue weighted by Gasteiger charge is -2.25. The predicted octanol–water partition coefficient (Wildman–Crippen LogP) is 3.64. The van der Waals surface area contributed by atoms with E-state index >= 15 is 0 Å². The number of sulfone groups is 1. The molecule has 2 saturated heterocycles. The second kappa shape index (κ2) is 8.24. The number of aryl methyl sites for hydroxylation is 2. The third-order valence-corrected chi connectivity index (χ3v) is 8.69. The third kappa shape index (κ3) is 4.50. The van der Waals surface area contributed by atoms with Gasteiger partial charge in [0.05, 0.1) is 17.5 Å². The maximum absolute atomic E-state index is 12.5. The minimum atomic E-state index is -3.10. The molecule has 0 spiro atoms. The van der Waals surface area contributed by atoms with Gasteiger partial charge in [-0.25, -0.2) is 8.42 Å². The van der Waals surface area contributed by atoms with Crippen LogP contribution in [-0.4, -0.2) is 48.9 Å². The summed E-state index contributed by atoms with van der Waals surface area (Å²) in [4.78, 5) is 18.7. The number of carbonyl (C=O) groups is 1. The Morgan fingerprint density at radius 2 is 1.90 bits per heavy atom. The molecule has 2 aromatic carbocycles. The Hall–Kier alpha value is -2.03. The van der Waals surface area contributed by atoms with Crippen molar-refractivity contribution in [1.29, 1.82) is 0 Å². The number of anilines is 1. The van der Waals surface area contributed by atoms with Crippen molar-refractivity contribution in [3.8, 4) is 5.75 Å². The fraction of sp³-hybridized carbons (Fsp3) is 0.333. The Bertz CT molecular complexity index is 1120. The molecule has 0 aromatic heterocycles. The van der Waals surface area contributed by atoms with Crippen LogP contribution in [-0.2, 0) is 14.6 Å². The minimum absolute atomic E-state index is 0.0616. The number of hydrogen-bond donors (Lipinski definition) is 0. The van der Waals surface area contributed by atoms with Gasteiger partial charge < -0.3 is 9.64 Å². The first-order valence-corrected chi connectivity index (χ1v) is 12.5. The largest absolute Gasteiger partial charge is 0.484 e. The van der Waals surface area contributed by atoms with E-state index in [2.05, 4.69) is 4.99 Å². The summed E-state index contributed by atoms with van der Waals surface area (Å²) in [5, 5.41) is 0.968. The first kappa shape index (κ1) is 21.2. The van der Waals surface area contributed by atoms with Crippen LogP contribution in [0.5, 0.6) is 5.75 Å².